The zero-order valence-corrected chi connectivity index (χ0v) is 26.5. The lowest BCUT2D eigenvalue weighted by molar-refractivity contribution is -0.140. The molecule has 0 saturated carbocycles. The number of amides is 2. The van der Waals surface area contributed by atoms with Crippen LogP contribution in [0.4, 0.5) is 5.69 Å². The van der Waals surface area contributed by atoms with E-state index in [2.05, 4.69) is 5.32 Å². The molecule has 0 spiro atoms. The standard InChI is InChI=1S/C30H34Cl3N3O4S/c1-5-28(30(38)34-17-20(2)3)35(18-22-8-15-26(32)27(33)16-22)29(37)19-36(24-11-9-23(31)10-12-24)41(39,40)25-13-6-21(4)7-14-25/h6-16,20,28H,5,17-19H2,1-4H3,(H,34,38). The Hall–Kier alpha value is -2.78. The van der Waals surface area contributed by atoms with Crippen LogP contribution in [0.15, 0.2) is 71.6 Å². The monoisotopic (exact) mass is 637 g/mol. The Bertz CT molecular complexity index is 1460. The zero-order valence-electron chi connectivity index (χ0n) is 23.4. The minimum Gasteiger partial charge on any atom is -0.354 e. The summed E-state index contributed by atoms with van der Waals surface area (Å²) in [6, 6.07) is 16.7. The zero-order chi connectivity index (χ0) is 30.3. The van der Waals surface area contributed by atoms with Gasteiger partial charge in [-0.25, -0.2) is 8.42 Å². The van der Waals surface area contributed by atoms with Crippen molar-refractivity contribution in [2.75, 3.05) is 17.4 Å². The highest BCUT2D eigenvalue weighted by Crippen LogP contribution is 2.27. The lowest BCUT2D eigenvalue weighted by Crippen LogP contribution is -2.52. The Morgan fingerprint density at radius 1 is 0.902 bits per heavy atom. The van der Waals surface area contributed by atoms with Crippen LogP contribution >= 0.6 is 34.8 Å². The molecule has 1 N–H and O–H groups in total. The molecule has 0 fully saturated rings. The van der Waals surface area contributed by atoms with Gasteiger partial charge in [-0.3, -0.25) is 13.9 Å². The van der Waals surface area contributed by atoms with Crippen LogP contribution in [-0.4, -0.2) is 44.3 Å². The first kappa shape index (κ1) is 32.7. The number of benzene rings is 3. The Morgan fingerprint density at radius 3 is 2.10 bits per heavy atom. The van der Waals surface area contributed by atoms with Crippen molar-refractivity contribution in [3.63, 3.8) is 0 Å². The van der Waals surface area contributed by atoms with Crippen LogP contribution in [0.2, 0.25) is 15.1 Å². The van der Waals surface area contributed by atoms with E-state index in [0.29, 0.717) is 33.6 Å². The first-order valence-corrected chi connectivity index (χ1v) is 15.8. The molecule has 220 valence electrons. The molecule has 0 radical (unpaired) electrons. The molecule has 0 saturated heterocycles. The van der Waals surface area contributed by atoms with E-state index < -0.39 is 28.5 Å². The van der Waals surface area contributed by atoms with Crippen LogP contribution in [0, 0.1) is 12.8 Å². The van der Waals surface area contributed by atoms with Crippen molar-refractivity contribution >= 4 is 62.3 Å². The minimum atomic E-state index is -4.17. The van der Waals surface area contributed by atoms with Gasteiger partial charge in [0.15, 0.2) is 0 Å². The van der Waals surface area contributed by atoms with Crippen molar-refractivity contribution in [1.29, 1.82) is 0 Å². The van der Waals surface area contributed by atoms with Crippen molar-refractivity contribution in [2.45, 2.75) is 51.6 Å². The summed E-state index contributed by atoms with van der Waals surface area (Å²) in [5, 5.41) is 3.98. The van der Waals surface area contributed by atoms with Crippen LogP contribution in [0.1, 0.15) is 38.3 Å². The number of anilines is 1. The number of sulfonamides is 1. The molecule has 3 aromatic rings. The molecule has 0 aliphatic carbocycles. The van der Waals surface area contributed by atoms with Gasteiger partial charge in [0.2, 0.25) is 11.8 Å². The maximum Gasteiger partial charge on any atom is 0.264 e. The van der Waals surface area contributed by atoms with Gasteiger partial charge in [0.05, 0.1) is 20.6 Å². The molecule has 1 atom stereocenters. The Labute approximate surface area is 257 Å². The second-order valence-corrected chi connectivity index (χ2v) is 13.2. The van der Waals surface area contributed by atoms with Gasteiger partial charge in [0.25, 0.3) is 10.0 Å². The topological polar surface area (TPSA) is 86.8 Å². The number of hydrogen-bond acceptors (Lipinski definition) is 4. The normalized spacial score (nSPS) is 12.2. The average molecular weight is 639 g/mol. The summed E-state index contributed by atoms with van der Waals surface area (Å²) >= 11 is 18.4. The summed E-state index contributed by atoms with van der Waals surface area (Å²) < 4.78 is 28.8. The molecule has 1 unspecified atom stereocenters. The molecular formula is C30H34Cl3N3O4S. The number of nitrogens with one attached hydrogen (secondary N) is 1. The third-order valence-corrected chi connectivity index (χ3v) is 9.19. The second-order valence-electron chi connectivity index (χ2n) is 10.1. The fraction of sp³-hybridized carbons (Fsp3) is 0.333. The molecule has 3 rings (SSSR count). The van der Waals surface area contributed by atoms with E-state index in [-0.39, 0.29) is 29.0 Å². The number of rotatable bonds is 12. The predicted molar refractivity (Wildman–Crippen MR) is 166 cm³/mol. The number of hydrogen-bond donors (Lipinski definition) is 1. The SMILES string of the molecule is CCC(C(=O)NCC(C)C)N(Cc1ccc(Cl)c(Cl)c1)C(=O)CN(c1ccc(Cl)cc1)S(=O)(=O)c1ccc(C)cc1. The summed E-state index contributed by atoms with van der Waals surface area (Å²) in [6.45, 7) is 7.50. The summed E-state index contributed by atoms with van der Waals surface area (Å²) in [6.07, 6.45) is 0.308. The second kappa shape index (κ2) is 14.4. The Balaban J connectivity index is 2.05. The van der Waals surface area contributed by atoms with Crippen LogP contribution < -0.4 is 9.62 Å². The average Bonchev–Trinajstić information content (AvgIpc) is 2.93. The third-order valence-electron chi connectivity index (χ3n) is 6.41. The predicted octanol–water partition coefficient (Wildman–Crippen LogP) is 6.73. The first-order chi connectivity index (χ1) is 19.3. The van der Waals surface area contributed by atoms with Gasteiger partial charge < -0.3 is 10.2 Å². The van der Waals surface area contributed by atoms with Crippen LogP contribution in [0.3, 0.4) is 0 Å². The van der Waals surface area contributed by atoms with Crippen molar-refractivity contribution < 1.29 is 18.0 Å². The maximum absolute atomic E-state index is 14.1. The lowest BCUT2D eigenvalue weighted by Gasteiger charge is -2.33. The van der Waals surface area contributed by atoms with Gasteiger partial charge in [-0.05, 0) is 73.4 Å². The summed E-state index contributed by atoms with van der Waals surface area (Å²) in [5.74, 6) is -0.682. The molecule has 7 nitrogen and oxygen atoms in total. The highest BCUT2D eigenvalue weighted by Gasteiger charge is 2.33. The van der Waals surface area contributed by atoms with Crippen LogP contribution in [0.25, 0.3) is 0 Å². The molecule has 3 aromatic carbocycles. The van der Waals surface area contributed by atoms with Crippen molar-refractivity contribution in [3.05, 3.63) is 92.9 Å². The molecule has 0 aliphatic rings. The van der Waals surface area contributed by atoms with E-state index in [9.17, 15) is 18.0 Å². The van der Waals surface area contributed by atoms with E-state index in [1.54, 1.807) is 49.4 Å². The number of aryl methyl sites for hydroxylation is 1. The highest BCUT2D eigenvalue weighted by atomic mass is 35.5. The van der Waals surface area contributed by atoms with E-state index in [4.69, 9.17) is 34.8 Å². The summed E-state index contributed by atoms with van der Waals surface area (Å²) in [5.41, 5.74) is 1.79. The van der Waals surface area contributed by atoms with Gasteiger partial charge in [-0.1, -0.05) is 79.3 Å². The van der Waals surface area contributed by atoms with Crippen molar-refractivity contribution in [1.82, 2.24) is 10.2 Å². The van der Waals surface area contributed by atoms with Gasteiger partial charge in [-0.2, -0.15) is 0 Å². The number of carbonyl (C=O) groups excluding carboxylic acids is 2. The molecule has 41 heavy (non-hydrogen) atoms. The number of carbonyl (C=O) groups is 2. The number of halogens is 3. The van der Waals surface area contributed by atoms with Crippen LogP contribution in [-0.2, 0) is 26.2 Å². The molecule has 11 heteroatoms. The van der Waals surface area contributed by atoms with Crippen molar-refractivity contribution in [3.8, 4) is 0 Å². The summed E-state index contributed by atoms with van der Waals surface area (Å²) in [7, 11) is -4.17. The van der Waals surface area contributed by atoms with E-state index in [1.165, 1.54) is 29.2 Å². The third kappa shape index (κ3) is 8.61. The quantitative estimate of drug-likeness (QED) is 0.238. The fourth-order valence-corrected chi connectivity index (χ4v) is 6.01. The number of nitrogens with zero attached hydrogens (tertiary/aromatic N) is 2. The molecular weight excluding hydrogens is 605 g/mol. The van der Waals surface area contributed by atoms with Gasteiger partial charge in [0.1, 0.15) is 12.6 Å². The molecule has 0 heterocycles. The van der Waals surface area contributed by atoms with Crippen molar-refractivity contribution in [2.24, 2.45) is 5.92 Å². The first-order valence-electron chi connectivity index (χ1n) is 13.2. The largest absolute Gasteiger partial charge is 0.354 e. The minimum absolute atomic E-state index is 0.0162. The Kier molecular flexibility index (Phi) is 11.5. The van der Waals surface area contributed by atoms with Gasteiger partial charge >= 0.3 is 0 Å². The highest BCUT2D eigenvalue weighted by molar-refractivity contribution is 7.92. The smallest absolute Gasteiger partial charge is 0.264 e. The van der Waals surface area contributed by atoms with E-state index in [1.807, 2.05) is 20.8 Å². The van der Waals surface area contributed by atoms with E-state index >= 15 is 0 Å². The fourth-order valence-electron chi connectivity index (χ4n) is 4.15. The van der Waals surface area contributed by atoms with Gasteiger partial charge in [-0.15, -0.1) is 0 Å². The lowest BCUT2D eigenvalue weighted by atomic mass is 10.1. The maximum atomic E-state index is 14.1. The molecule has 2 amide bonds. The van der Waals surface area contributed by atoms with Crippen LogP contribution in [0.5, 0.6) is 0 Å². The summed E-state index contributed by atoms with van der Waals surface area (Å²) in [4.78, 5) is 28.8. The van der Waals surface area contributed by atoms with E-state index in [0.717, 1.165) is 9.87 Å². The van der Waals surface area contributed by atoms with Gasteiger partial charge in [0, 0.05) is 18.1 Å². The molecule has 0 aromatic heterocycles. The molecule has 0 bridgehead atoms. The molecule has 0 aliphatic heterocycles. The Morgan fingerprint density at radius 2 is 1.54 bits per heavy atom.